The van der Waals surface area contributed by atoms with E-state index in [9.17, 15) is 4.79 Å². The Kier molecular flexibility index (Phi) is 5.97. The highest BCUT2D eigenvalue weighted by molar-refractivity contribution is 5.94. The lowest BCUT2D eigenvalue weighted by Gasteiger charge is -2.29. The Balaban J connectivity index is 1.28. The van der Waals surface area contributed by atoms with Gasteiger partial charge in [-0.25, -0.2) is 9.97 Å². The van der Waals surface area contributed by atoms with Crippen molar-refractivity contribution >= 4 is 17.4 Å². The second kappa shape index (κ2) is 9.03. The van der Waals surface area contributed by atoms with Crippen LogP contribution in [0.4, 0.5) is 11.5 Å². The smallest absolute Gasteiger partial charge is 0.253 e. The van der Waals surface area contributed by atoms with Gasteiger partial charge in [-0.1, -0.05) is 0 Å². The molecule has 0 bridgehead atoms. The molecule has 0 aliphatic carbocycles. The molecule has 170 valence electrons. The Hall–Kier alpha value is -2.71. The minimum Gasteiger partial charge on any atom is -0.378 e. The van der Waals surface area contributed by atoms with Crippen LogP contribution in [-0.2, 0) is 17.7 Å². The summed E-state index contributed by atoms with van der Waals surface area (Å²) < 4.78 is 5.43. The Labute approximate surface area is 189 Å². The van der Waals surface area contributed by atoms with Gasteiger partial charge >= 0.3 is 0 Å². The monoisotopic (exact) mass is 436 g/mol. The number of likely N-dealkylation sites (N-methyl/N-ethyl adjacent to an activating group) is 1. The molecule has 2 aromatic rings. The van der Waals surface area contributed by atoms with Crippen LogP contribution in [0.25, 0.3) is 0 Å². The first-order valence-electron chi connectivity index (χ1n) is 11.6. The van der Waals surface area contributed by atoms with Crippen LogP contribution in [0.3, 0.4) is 0 Å². The molecule has 0 spiro atoms. The normalized spacial score (nSPS) is 21.5. The quantitative estimate of drug-likeness (QED) is 0.786. The molecule has 3 aliphatic heterocycles. The molecule has 1 unspecified atom stereocenters. The molecule has 3 aliphatic rings. The zero-order chi connectivity index (χ0) is 22.1. The zero-order valence-corrected chi connectivity index (χ0v) is 19.0. The van der Waals surface area contributed by atoms with Crippen LogP contribution >= 0.6 is 0 Å². The molecule has 1 atom stereocenters. The number of anilines is 2. The molecule has 1 aromatic carbocycles. The van der Waals surface area contributed by atoms with Crippen molar-refractivity contribution in [3.63, 3.8) is 0 Å². The van der Waals surface area contributed by atoms with E-state index >= 15 is 0 Å². The zero-order valence-electron chi connectivity index (χ0n) is 19.0. The van der Waals surface area contributed by atoms with E-state index in [2.05, 4.69) is 22.2 Å². The maximum atomic E-state index is 13.1. The van der Waals surface area contributed by atoms with Crippen LogP contribution in [0, 0.1) is 0 Å². The molecule has 2 fully saturated rings. The SMILES string of the molecule is CNc1nc(C2CCN(C(=O)c3ccc(N4CCOCC4)cc3)C2)nc2c1CCN(C)C2. The van der Waals surface area contributed by atoms with Gasteiger partial charge in [0.05, 0.1) is 18.9 Å². The summed E-state index contributed by atoms with van der Waals surface area (Å²) in [5.74, 6) is 2.08. The topological polar surface area (TPSA) is 73.8 Å². The second-order valence-electron chi connectivity index (χ2n) is 8.98. The van der Waals surface area contributed by atoms with E-state index in [0.717, 1.165) is 87.4 Å². The summed E-state index contributed by atoms with van der Waals surface area (Å²) in [6.07, 6.45) is 1.87. The summed E-state index contributed by atoms with van der Waals surface area (Å²) in [4.78, 5) is 29.5. The van der Waals surface area contributed by atoms with Gasteiger partial charge < -0.3 is 24.8 Å². The molecule has 1 amide bonds. The fraction of sp³-hybridized carbons (Fsp3) is 0.542. The standard InChI is InChI=1S/C24H32N6O2/c1-25-23-20-8-9-28(2)16-21(20)26-22(27-23)18-7-10-30(15-18)24(31)17-3-5-19(6-4-17)29-11-13-32-14-12-29/h3-6,18H,7-16H2,1-2H3,(H,25,26,27). The molecule has 4 heterocycles. The van der Waals surface area contributed by atoms with Gasteiger partial charge in [-0.2, -0.15) is 0 Å². The third-order valence-corrected chi connectivity index (χ3v) is 6.84. The van der Waals surface area contributed by atoms with E-state index in [-0.39, 0.29) is 11.8 Å². The summed E-state index contributed by atoms with van der Waals surface area (Å²) in [7, 11) is 4.06. The molecule has 8 nitrogen and oxygen atoms in total. The minimum absolute atomic E-state index is 0.0903. The predicted molar refractivity (Wildman–Crippen MR) is 124 cm³/mol. The number of nitrogens with one attached hydrogen (secondary N) is 1. The van der Waals surface area contributed by atoms with E-state index < -0.39 is 0 Å². The van der Waals surface area contributed by atoms with Crippen molar-refractivity contribution in [3.05, 3.63) is 46.9 Å². The van der Waals surface area contributed by atoms with Crippen LogP contribution in [0.5, 0.6) is 0 Å². The van der Waals surface area contributed by atoms with Gasteiger partial charge in [0.1, 0.15) is 11.6 Å². The average molecular weight is 437 g/mol. The van der Waals surface area contributed by atoms with E-state index in [1.54, 1.807) is 0 Å². The third kappa shape index (κ3) is 4.17. The van der Waals surface area contributed by atoms with E-state index in [1.165, 1.54) is 5.56 Å². The molecule has 0 saturated carbocycles. The minimum atomic E-state index is 0.0903. The average Bonchev–Trinajstić information content (AvgIpc) is 3.34. The highest BCUT2D eigenvalue weighted by Crippen LogP contribution is 2.30. The van der Waals surface area contributed by atoms with Gasteiger partial charge in [0.25, 0.3) is 5.91 Å². The fourth-order valence-corrected chi connectivity index (χ4v) is 4.94. The van der Waals surface area contributed by atoms with E-state index in [4.69, 9.17) is 14.7 Å². The van der Waals surface area contributed by atoms with Gasteiger partial charge in [-0.05, 0) is 44.2 Å². The number of morpholine rings is 1. The summed E-state index contributed by atoms with van der Waals surface area (Å²) >= 11 is 0. The molecule has 5 rings (SSSR count). The number of fused-ring (bicyclic) bond motifs is 1. The largest absolute Gasteiger partial charge is 0.378 e. The summed E-state index contributed by atoms with van der Waals surface area (Å²) in [6, 6.07) is 8.00. The number of likely N-dealkylation sites (tertiary alicyclic amines) is 1. The van der Waals surface area contributed by atoms with Crippen molar-refractivity contribution in [1.82, 2.24) is 19.8 Å². The van der Waals surface area contributed by atoms with Crippen molar-refractivity contribution in [2.75, 3.05) is 70.2 Å². The molecular weight excluding hydrogens is 404 g/mol. The molecule has 2 saturated heterocycles. The van der Waals surface area contributed by atoms with Crippen LogP contribution in [-0.4, -0.2) is 85.7 Å². The number of carbonyl (C=O) groups is 1. The molecule has 32 heavy (non-hydrogen) atoms. The Bertz CT molecular complexity index is 973. The summed E-state index contributed by atoms with van der Waals surface area (Å²) in [5, 5.41) is 3.26. The lowest BCUT2D eigenvalue weighted by Crippen LogP contribution is -2.36. The number of hydrogen-bond acceptors (Lipinski definition) is 7. The van der Waals surface area contributed by atoms with Crippen LogP contribution in [0.1, 0.15) is 39.8 Å². The molecule has 1 aromatic heterocycles. The van der Waals surface area contributed by atoms with E-state index in [0.29, 0.717) is 6.54 Å². The highest BCUT2D eigenvalue weighted by atomic mass is 16.5. The summed E-state index contributed by atoms with van der Waals surface area (Å²) in [6.45, 7) is 6.59. The van der Waals surface area contributed by atoms with E-state index in [1.807, 2.05) is 36.2 Å². The second-order valence-corrected chi connectivity index (χ2v) is 8.98. The maximum Gasteiger partial charge on any atom is 0.253 e. The molecule has 0 radical (unpaired) electrons. The maximum absolute atomic E-state index is 13.1. The van der Waals surface area contributed by atoms with Crippen molar-refractivity contribution in [1.29, 1.82) is 0 Å². The molecule has 8 heteroatoms. The molecular formula is C24H32N6O2. The number of amides is 1. The lowest BCUT2D eigenvalue weighted by molar-refractivity contribution is 0.0790. The third-order valence-electron chi connectivity index (χ3n) is 6.84. The van der Waals surface area contributed by atoms with Gasteiger partial charge in [0.15, 0.2) is 0 Å². The summed E-state index contributed by atoms with van der Waals surface area (Å²) in [5.41, 5.74) is 4.25. The number of ether oxygens (including phenoxy) is 1. The van der Waals surface area contributed by atoms with Crippen LogP contribution in [0.2, 0.25) is 0 Å². The van der Waals surface area contributed by atoms with Crippen LogP contribution in [0.15, 0.2) is 24.3 Å². The van der Waals surface area contributed by atoms with Gasteiger partial charge in [0, 0.05) is 69.0 Å². The van der Waals surface area contributed by atoms with Gasteiger partial charge in [0.2, 0.25) is 0 Å². The molecule has 1 N–H and O–H groups in total. The number of rotatable bonds is 4. The van der Waals surface area contributed by atoms with Gasteiger partial charge in [-0.3, -0.25) is 4.79 Å². The Morgan fingerprint density at radius 3 is 2.62 bits per heavy atom. The highest BCUT2D eigenvalue weighted by Gasteiger charge is 2.31. The number of hydrogen-bond donors (Lipinski definition) is 1. The lowest BCUT2D eigenvalue weighted by atomic mass is 10.0. The fourth-order valence-electron chi connectivity index (χ4n) is 4.94. The van der Waals surface area contributed by atoms with Crippen LogP contribution < -0.4 is 10.2 Å². The number of carbonyl (C=O) groups excluding carboxylic acids is 1. The Morgan fingerprint density at radius 2 is 1.88 bits per heavy atom. The van der Waals surface area contributed by atoms with Crippen molar-refractivity contribution in [2.45, 2.75) is 25.3 Å². The van der Waals surface area contributed by atoms with Crippen molar-refractivity contribution in [3.8, 4) is 0 Å². The first-order valence-corrected chi connectivity index (χ1v) is 11.6. The van der Waals surface area contributed by atoms with Crippen molar-refractivity contribution in [2.24, 2.45) is 0 Å². The number of aromatic nitrogens is 2. The van der Waals surface area contributed by atoms with Crippen molar-refractivity contribution < 1.29 is 9.53 Å². The first kappa shape index (κ1) is 21.2. The Morgan fingerprint density at radius 1 is 1.09 bits per heavy atom. The predicted octanol–water partition coefficient (Wildman–Crippen LogP) is 1.97. The first-order chi connectivity index (χ1) is 15.6. The van der Waals surface area contributed by atoms with Gasteiger partial charge in [-0.15, -0.1) is 0 Å². The number of nitrogens with zero attached hydrogens (tertiary/aromatic N) is 5. The number of benzene rings is 1.